The van der Waals surface area contributed by atoms with Gasteiger partial charge in [0.1, 0.15) is 12.4 Å². The molecule has 0 aliphatic carbocycles. The summed E-state index contributed by atoms with van der Waals surface area (Å²) in [6.07, 6.45) is 1.70. The summed E-state index contributed by atoms with van der Waals surface area (Å²) in [6, 6.07) is 16.8. The molecule has 0 saturated heterocycles. The number of nitrogens with zero attached hydrogens (tertiary/aromatic N) is 3. The lowest BCUT2D eigenvalue weighted by molar-refractivity contribution is -0.117. The van der Waals surface area contributed by atoms with E-state index < -0.39 is 0 Å². The van der Waals surface area contributed by atoms with Gasteiger partial charge < -0.3 is 10.2 Å². The Bertz CT molecular complexity index is 1160. The first-order valence-electron chi connectivity index (χ1n) is 11.6. The molecule has 0 spiro atoms. The van der Waals surface area contributed by atoms with Crippen LogP contribution in [0.2, 0.25) is 5.02 Å². The van der Waals surface area contributed by atoms with Gasteiger partial charge in [-0.25, -0.2) is 4.68 Å². The lowest BCUT2D eigenvalue weighted by Crippen LogP contribution is -2.39. The molecule has 34 heavy (non-hydrogen) atoms. The van der Waals surface area contributed by atoms with Crippen LogP contribution in [0.3, 0.4) is 0 Å². The number of rotatable bonds is 8. The Kier molecular flexibility index (Phi) is 8.15. The predicted octanol–water partition coefficient (Wildman–Crippen LogP) is 6.01. The SMILES string of the molecule is CCCCN(CC(=O)Nc1cc(C(C)(C)C)nn1-c1cccc(C)c1)C(=O)c1ccccc1Cl. The van der Waals surface area contributed by atoms with E-state index in [9.17, 15) is 9.59 Å². The van der Waals surface area contributed by atoms with E-state index in [2.05, 4.69) is 26.1 Å². The van der Waals surface area contributed by atoms with Gasteiger partial charge in [-0.05, 0) is 43.2 Å². The maximum absolute atomic E-state index is 13.2. The first-order chi connectivity index (χ1) is 16.1. The fourth-order valence-corrected chi connectivity index (χ4v) is 3.77. The quantitative estimate of drug-likeness (QED) is 0.429. The summed E-state index contributed by atoms with van der Waals surface area (Å²) in [5.74, 6) is 0.0312. The normalized spacial score (nSPS) is 11.4. The van der Waals surface area contributed by atoms with E-state index in [0.29, 0.717) is 22.9 Å². The average molecular weight is 481 g/mol. The summed E-state index contributed by atoms with van der Waals surface area (Å²) in [5, 5.41) is 8.13. The molecule has 1 aromatic heterocycles. The van der Waals surface area contributed by atoms with E-state index in [4.69, 9.17) is 16.7 Å². The molecule has 0 radical (unpaired) electrons. The van der Waals surface area contributed by atoms with Gasteiger partial charge in [0, 0.05) is 18.0 Å². The Balaban J connectivity index is 1.87. The molecule has 0 atom stereocenters. The molecule has 7 heteroatoms. The predicted molar refractivity (Wildman–Crippen MR) is 138 cm³/mol. The van der Waals surface area contributed by atoms with Crippen molar-refractivity contribution in [3.63, 3.8) is 0 Å². The second-order valence-electron chi connectivity index (χ2n) is 9.52. The summed E-state index contributed by atoms with van der Waals surface area (Å²) in [5.41, 5.74) is 3.02. The molecule has 2 aromatic carbocycles. The molecule has 1 N–H and O–H groups in total. The van der Waals surface area contributed by atoms with Crippen molar-refractivity contribution in [1.29, 1.82) is 0 Å². The van der Waals surface area contributed by atoms with Crippen LogP contribution in [-0.2, 0) is 10.2 Å². The van der Waals surface area contributed by atoms with Crippen molar-refractivity contribution >= 4 is 29.2 Å². The largest absolute Gasteiger partial charge is 0.329 e. The number of halogens is 1. The van der Waals surface area contributed by atoms with E-state index in [1.807, 2.05) is 44.2 Å². The van der Waals surface area contributed by atoms with E-state index in [1.165, 1.54) is 0 Å². The van der Waals surface area contributed by atoms with Gasteiger partial charge in [0.25, 0.3) is 5.91 Å². The number of hydrogen-bond acceptors (Lipinski definition) is 3. The van der Waals surface area contributed by atoms with Gasteiger partial charge in [-0.15, -0.1) is 0 Å². The van der Waals surface area contributed by atoms with Gasteiger partial charge in [0.05, 0.1) is 22.0 Å². The Hall–Kier alpha value is -3.12. The van der Waals surface area contributed by atoms with Crippen molar-refractivity contribution in [1.82, 2.24) is 14.7 Å². The number of aryl methyl sites for hydroxylation is 1. The van der Waals surface area contributed by atoms with Crippen LogP contribution in [0.1, 0.15) is 62.2 Å². The minimum absolute atomic E-state index is 0.0755. The van der Waals surface area contributed by atoms with Crippen molar-refractivity contribution in [2.24, 2.45) is 0 Å². The maximum Gasteiger partial charge on any atom is 0.255 e. The fourth-order valence-electron chi connectivity index (χ4n) is 3.56. The lowest BCUT2D eigenvalue weighted by Gasteiger charge is -2.22. The average Bonchev–Trinajstić information content (AvgIpc) is 3.20. The van der Waals surface area contributed by atoms with Crippen LogP contribution in [0, 0.1) is 6.92 Å². The zero-order chi connectivity index (χ0) is 24.9. The van der Waals surface area contributed by atoms with Crippen molar-refractivity contribution in [2.45, 2.75) is 52.9 Å². The number of aromatic nitrogens is 2. The van der Waals surface area contributed by atoms with E-state index in [1.54, 1.807) is 33.8 Å². The highest BCUT2D eigenvalue weighted by atomic mass is 35.5. The van der Waals surface area contributed by atoms with Crippen LogP contribution >= 0.6 is 11.6 Å². The molecule has 3 aromatic rings. The highest BCUT2D eigenvalue weighted by Gasteiger charge is 2.24. The standard InChI is InChI=1S/C27H33ClN4O2/c1-6-7-15-31(26(34)21-13-8-9-14-22(21)28)18-25(33)29-24-17-23(27(3,4)5)30-32(24)20-12-10-11-19(2)16-20/h8-14,16-17H,6-7,15,18H2,1-5H3,(H,29,33). The third-order valence-corrected chi connectivity index (χ3v) is 5.83. The molecule has 2 amide bonds. The second-order valence-corrected chi connectivity index (χ2v) is 9.93. The Morgan fingerprint density at radius 3 is 2.47 bits per heavy atom. The minimum Gasteiger partial charge on any atom is -0.329 e. The van der Waals surface area contributed by atoms with Crippen LogP contribution in [0.5, 0.6) is 0 Å². The summed E-state index contributed by atoms with van der Waals surface area (Å²) < 4.78 is 1.75. The number of unbranched alkanes of at least 4 members (excludes halogenated alkanes) is 1. The summed E-state index contributed by atoms with van der Waals surface area (Å²) in [4.78, 5) is 27.9. The number of nitrogens with one attached hydrogen (secondary N) is 1. The van der Waals surface area contributed by atoms with E-state index in [0.717, 1.165) is 29.8 Å². The Morgan fingerprint density at radius 1 is 1.09 bits per heavy atom. The number of carbonyl (C=O) groups is 2. The molecule has 0 aliphatic heterocycles. The number of carbonyl (C=O) groups excluding carboxylic acids is 2. The van der Waals surface area contributed by atoms with Gasteiger partial charge >= 0.3 is 0 Å². The molecule has 0 unspecified atom stereocenters. The fraction of sp³-hybridized carbons (Fsp3) is 0.370. The number of benzene rings is 2. The summed E-state index contributed by atoms with van der Waals surface area (Å²) >= 11 is 6.25. The highest BCUT2D eigenvalue weighted by molar-refractivity contribution is 6.33. The van der Waals surface area contributed by atoms with Crippen molar-refractivity contribution in [2.75, 3.05) is 18.4 Å². The molecule has 0 bridgehead atoms. The van der Waals surface area contributed by atoms with Gasteiger partial charge in [0.15, 0.2) is 0 Å². The maximum atomic E-state index is 13.2. The zero-order valence-corrected chi connectivity index (χ0v) is 21.3. The van der Waals surface area contributed by atoms with Crippen LogP contribution in [-0.4, -0.2) is 39.6 Å². The topological polar surface area (TPSA) is 67.2 Å². The van der Waals surface area contributed by atoms with Crippen LogP contribution in [0.15, 0.2) is 54.6 Å². The van der Waals surface area contributed by atoms with Gasteiger partial charge in [-0.1, -0.05) is 70.0 Å². The lowest BCUT2D eigenvalue weighted by atomic mass is 9.92. The summed E-state index contributed by atoms with van der Waals surface area (Å²) in [6.45, 7) is 10.7. The summed E-state index contributed by atoms with van der Waals surface area (Å²) in [7, 11) is 0. The van der Waals surface area contributed by atoms with Crippen molar-refractivity contribution < 1.29 is 9.59 Å². The second kappa shape index (κ2) is 10.9. The van der Waals surface area contributed by atoms with Crippen molar-refractivity contribution in [3.8, 4) is 5.69 Å². The minimum atomic E-state index is -0.286. The number of amides is 2. The van der Waals surface area contributed by atoms with Gasteiger partial charge in [-0.2, -0.15) is 5.10 Å². The third-order valence-electron chi connectivity index (χ3n) is 5.50. The molecule has 180 valence electrons. The van der Waals surface area contributed by atoms with Gasteiger partial charge in [-0.3, -0.25) is 9.59 Å². The molecule has 3 rings (SSSR count). The smallest absolute Gasteiger partial charge is 0.255 e. The highest BCUT2D eigenvalue weighted by Crippen LogP contribution is 2.27. The van der Waals surface area contributed by atoms with E-state index >= 15 is 0 Å². The van der Waals surface area contributed by atoms with Crippen molar-refractivity contribution in [3.05, 3.63) is 76.4 Å². The van der Waals surface area contributed by atoms with Gasteiger partial charge in [0.2, 0.25) is 5.91 Å². The van der Waals surface area contributed by atoms with Crippen LogP contribution in [0.4, 0.5) is 5.82 Å². The number of anilines is 1. The first kappa shape index (κ1) is 25.5. The van der Waals surface area contributed by atoms with Crippen LogP contribution < -0.4 is 5.32 Å². The molecule has 6 nitrogen and oxygen atoms in total. The molecule has 1 heterocycles. The molecular formula is C27H33ClN4O2. The molecular weight excluding hydrogens is 448 g/mol. The molecule has 0 fully saturated rings. The first-order valence-corrected chi connectivity index (χ1v) is 12.0. The Labute approximate surface area is 206 Å². The molecule has 0 aliphatic rings. The third kappa shape index (κ3) is 6.26. The van der Waals surface area contributed by atoms with E-state index in [-0.39, 0.29) is 23.8 Å². The Morgan fingerprint density at radius 2 is 1.82 bits per heavy atom. The monoisotopic (exact) mass is 480 g/mol. The van der Waals surface area contributed by atoms with Crippen LogP contribution in [0.25, 0.3) is 5.69 Å². The zero-order valence-electron chi connectivity index (χ0n) is 20.6. The number of hydrogen-bond donors (Lipinski definition) is 1. The molecule has 0 saturated carbocycles.